The van der Waals surface area contributed by atoms with Crippen LogP contribution in [0.2, 0.25) is 0 Å². The number of amides is 1. The zero-order valence-electron chi connectivity index (χ0n) is 11.3. The SMILES string of the molecule is COCC(N)C(=O)NC(C)Cc1c(C)noc1C. The van der Waals surface area contributed by atoms with Gasteiger partial charge in [-0.25, -0.2) is 0 Å². The average Bonchev–Trinajstić information content (AvgIpc) is 2.61. The molecule has 2 unspecified atom stereocenters. The fourth-order valence-electron chi connectivity index (χ4n) is 1.76. The lowest BCUT2D eigenvalue weighted by molar-refractivity contribution is -0.124. The van der Waals surface area contributed by atoms with Gasteiger partial charge >= 0.3 is 0 Å². The maximum absolute atomic E-state index is 11.7. The molecule has 0 saturated carbocycles. The molecule has 6 heteroatoms. The van der Waals surface area contributed by atoms with Gasteiger partial charge in [0.25, 0.3) is 0 Å². The normalized spacial score (nSPS) is 14.3. The van der Waals surface area contributed by atoms with Gasteiger partial charge in [0.2, 0.25) is 5.91 Å². The number of nitrogens with zero attached hydrogens (tertiary/aromatic N) is 1. The first-order valence-corrected chi connectivity index (χ1v) is 5.92. The van der Waals surface area contributed by atoms with Gasteiger partial charge in [0.05, 0.1) is 12.3 Å². The molecule has 0 saturated heterocycles. The average molecular weight is 255 g/mol. The van der Waals surface area contributed by atoms with Crippen molar-refractivity contribution in [3.05, 3.63) is 17.0 Å². The second kappa shape index (κ2) is 6.51. The Hall–Kier alpha value is -1.40. The zero-order valence-corrected chi connectivity index (χ0v) is 11.3. The summed E-state index contributed by atoms with van der Waals surface area (Å²) >= 11 is 0. The number of hydrogen-bond acceptors (Lipinski definition) is 5. The Kier molecular flexibility index (Phi) is 5.30. The van der Waals surface area contributed by atoms with Crippen LogP contribution in [0.25, 0.3) is 0 Å². The standard InChI is InChI=1S/C12H21N3O3/c1-7(14-12(16)11(13)6-17-4)5-10-8(2)15-18-9(10)3/h7,11H,5-6,13H2,1-4H3,(H,14,16). The number of carbonyl (C=O) groups is 1. The van der Waals surface area contributed by atoms with E-state index in [1.807, 2.05) is 20.8 Å². The lowest BCUT2D eigenvalue weighted by atomic mass is 10.1. The third-order valence-electron chi connectivity index (χ3n) is 2.76. The van der Waals surface area contributed by atoms with E-state index < -0.39 is 6.04 Å². The van der Waals surface area contributed by atoms with Crippen LogP contribution in [0.3, 0.4) is 0 Å². The third-order valence-corrected chi connectivity index (χ3v) is 2.76. The van der Waals surface area contributed by atoms with Crippen LogP contribution >= 0.6 is 0 Å². The summed E-state index contributed by atoms with van der Waals surface area (Å²) in [5.74, 6) is 0.575. The van der Waals surface area contributed by atoms with Crippen LogP contribution in [-0.2, 0) is 16.0 Å². The molecule has 0 bridgehead atoms. The van der Waals surface area contributed by atoms with Gasteiger partial charge in [0, 0.05) is 18.7 Å². The summed E-state index contributed by atoms with van der Waals surface area (Å²) in [6.45, 7) is 5.88. The van der Waals surface area contributed by atoms with E-state index in [4.69, 9.17) is 15.0 Å². The van der Waals surface area contributed by atoms with Gasteiger partial charge in [-0.2, -0.15) is 0 Å². The number of nitrogens with two attached hydrogens (primary N) is 1. The van der Waals surface area contributed by atoms with Crippen LogP contribution in [0, 0.1) is 13.8 Å². The summed E-state index contributed by atoms with van der Waals surface area (Å²) in [5.41, 5.74) is 7.53. The fourth-order valence-corrected chi connectivity index (χ4v) is 1.76. The van der Waals surface area contributed by atoms with Crippen molar-refractivity contribution in [3.8, 4) is 0 Å². The van der Waals surface area contributed by atoms with Gasteiger partial charge in [0.1, 0.15) is 11.8 Å². The Morgan fingerprint density at radius 1 is 1.56 bits per heavy atom. The van der Waals surface area contributed by atoms with Crippen LogP contribution in [-0.4, -0.2) is 36.9 Å². The van der Waals surface area contributed by atoms with Crippen molar-refractivity contribution in [1.82, 2.24) is 10.5 Å². The molecule has 2 atom stereocenters. The number of aryl methyl sites for hydroxylation is 2. The highest BCUT2D eigenvalue weighted by atomic mass is 16.5. The highest BCUT2D eigenvalue weighted by molar-refractivity contribution is 5.81. The predicted octanol–water partition coefficient (Wildman–Crippen LogP) is 0.312. The fraction of sp³-hybridized carbons (Fsp3) is 0.667. The first kappa shape index (κ1) is 14.7. The minimum atomic E-state index is -0.637. The van der Waals surface area contributed by atoms with Gasteiger partial charge in [-0.1, -0.05) is 5.16 Å². The van der Waals surface area contributed by atoms with Gasteiger partial charge in [-0.15, -0.1) is 0 Å². The quantitative estimate of drug-likeness (QED) is 0.763. The molecular formula is C12H21N3O3. The Labute approximate surface area is 107 Å². The number of nitrogens with one attached hydrogen (secondary N) is 1. The first-order valence-electron chi connectivity index (χ1n) is 5.92. The summed E-state index contributed by atoms with van der Waals surface area (Å²) < 4.78 is 9.92. The van der Waals surface area contributed by atoms with E-state index in [0.717, 1.165) is 17.0 Å². The molecule has 0 aliphatic rings. The second-order valence-electron chi connectivity index (χ2n) is 4.48. The molecule has 0 aliphatic carbocycles. The van der Waals surface area contributed by atoms with E-state index in [9.17, 15) is 4.79 Å². The minimum absolute atomic E-state index is 0.0304. The van der Waals surface area contributed by atoms with E-state index in [1.54, 1.807) is 0 Å². The Balaban J connectivity index is 2.52. The van der Waals surface area contributed by atoms with Gasteiger partial charge in [-0.3, -0.25) is 4.79 Å². The molecule has 1 heterocycles. The molecule has 0 aromatic carbocycles. The third kappa shape index (κ3) is 3.82. The minimum Gasteiger partial charge on any atom is -0.383 e. The summed E-state index contributed by atoms with van der Waals surface area (Å²) in [6.07, 6.45) is 0.673. The van der Waals surface area contributed by atoms with Gasteiger partial charge in [0.15, 0.2) is 0 Å². The predicted molar refractivity (Wildman–Crippen MR) is 67.1 cm³/mol. The highest BCUT2D eigenvalue weighted by Crippen LogP contribution is 2.14. The molecule has 0 aliphatic heterocycles. The summed E-state index contributed by atoms with van der Waals surface area (Å²) in [7, 11) is 1.51. The summed E-state index contributed by atoms with van der Waals surface area (Å²) in [6, 6.07) is -0.667. The Morgan fingerprint density at radius 3 is 2.72 bits per heavy atom. The van der Waals surface area contributed by atoms with Crippen molar-refractivity contribution in [1.29, 1.82) is 0 Å². The van der Waals surface area contributed by atoms with Crippen LogP contribution in [0.4, 0.5) is 0 Å². The summed E-state index contributed by atoms with van der Waals surface area (Å²) in [5, 5.41) is 6.72. The maximum Gasteiger partial charge on any atom is 0.239 e. The monoisotopic (exact) mass is 255 g/mol. The molecule has 1 amide bonds. The van der Waals surface area contributed by atoms with Crippen molar-refractivity contribution in [3.63, 3.8) is 0 Å². The molecule has 3 N–H and O–H groups in total. The number of aromatic nitrogens is 1. The molecule has 1 aromatic heterocycles. The Morgan fingerprint density at radius 2 is 2.22 bits per heavy atom. The molecule has 0 fully saturated rings. The molecule has 0 spiro atoms. The van der Waals surface area contributed by atoms with E-state index >= 15 is 0 Å². The van der Waals surface area contributed by atoms with E-state index in [-0.39, 0.29) is 18.6 Å². The van der Waals surface area contributed by atoms with Crippen molar-refractivity contribution in [2.75, 3.05) is 13.7 Å². The van der Waals surface area contributed by atoms with Gasteiger partial charge in [-0.05, 0) is 27.2 Å². The number of rotatable bonds is 6. The molecule has 102 valence electrons. The molecular weight excluding hydrogens is 234 g/mol. The van der Waals surface area contributed by atoms with Crippen LogP contribution in [0.5, 0.6) is 0 Å². The molecule has 1 aromatic rings. The molecule has 18 heavy (non-hydrogen) atoms. The van der Waals surface area contributed by atoms with Crippen molar-refractivity contribution < 1.29 is 14.1 Å². The second-order valence-corrected chi connectivity index (χ2v) is 4.48. The smallest absolute Gasteiger partial charge is 0.239 e. The summed E-state index contributed by atoms with van der Waals surface area (Å²) in [4.78, 5) is 11.7. The van der Waals surface area contributed by atoms with Gasteiger partial charge < -0.3 is 20.3 Å². The molecule has 0 radical (unpaired) electrons. The number of ether oxygens (including phenoxy) is 1. The van der Waals surface area contributed by atoms with Crippen LogP contribution < -0.4 is 11.1 Å². The first-order chi connectivity index (χ1) is 8.45. The lowest BCUT2D eigenvalue weighted by Gasteiger charge is -2.17. The highest BCUT2D eigenvalue weighted by Gasteiger charge is 2.18. The topological polar surface area (TPSA) is 90.4 Å². The van der Waals surface area contributed by atoms with Crippen molar-refractivity contribution in [2.24, 2.45) is 5.73 Å². The number of hydrogen-bond donors (Lipinski definition) is 2. The number of methoxy groups -OCH3 is 1. The van der Waals surface area contributed by atoms with Crippen LogP contribution in [0.15, 0.2) is 4.52 Å². The zero-order chi connectivity index (χ0) is 13.7. The van der Waals surface area contributed by atoms with Crippen molar-refractivity contribution in [2.45, 2.75) is 39.3 Å². The number of carbonyl (C=O) groups excluding carboxylic acids is 1. The lowest BCUT2D eigenvalue weighted by Crippen LogP contribution is -2.47. The Bertz CT molecular complexity index is 384. The van der Waals surface area contributed by atoms with E-state index in [1.165, 1.54) is 7.11 Å². The van der Waals surface area contributed by atoms with Crippen molar-refractivity contribution >= 4 is 5.91 Å². The van der Waals surface area contributed by atoms with E-state index in [0.29, 0.717) is 6.42 Å². The molecule has 1 rings (SSSR count). The largest absolute Gasteiger partial charge is 0.383 e. The van der Waals surface area contributed by atoms with E-state index in [2.05, 4.69) is 10.5 Å². The van der Waals surface area contributed by atoms with Crippen LogP contribution in [0.1, 0.15) is 23.9 Å². The maximum atomic E-state index is 11.7. The molecule has 6 nitrogen and oxygen atoms in total.